The number of likely N-dealkylation sites (N-methyl/N-ethyl adjacent to an activating group) is 1. The van der Waals surface area contributed by atoms with E-state index in [-0.39, 0.29) is 18.6 Å². The number of hydrogen-bond acceptors (Lipinski definition) is 8. The molecule has 2 amide bonds. The Labute approximate surface area is 162 Å². The summed E-state index contributed by atoms with van der Waals surface area (Å²) in [4.78, 5) is 27.7. The molecule has 1 rings (SSSR count). The summed E-state index contributed by atoms with van der Waals surface area (Å²) in [7, 11) is 4.90. The second-order valence-electron chi connectivity index (χ2n) is 5.53. The largest absolute Gasteiger partial charge is 0.368 e. The molecular weight excluding hydrogens is 372 g/mol. The molecule has 0 aliphatic carbocycles. The van der Waals surface area contributed by atoms with Crippen LogP contribution < -0.4 is 27.4 Å². The summed E-state index contributed by atoms with van der Waals surface area (Å²) < 4.78 is 0. The van der Waals surface area contributed by atoms with Gasteiger partial charge in [0, 0.05) is 25.2 Å². The van der Waals surface area contributed by atoms with Crippen molar-refractivity contribution in [1.82, 2.24) is 20.9 Å². The minimum atomic E-state index is -0.416. The van der Waals surface area contributed by atoms with E-state index in [1.54, 1.807) is 34.8 Å². The first kappa shape index (κ1) is 22.7. The highest BCUT2D eigenvalue weighted by molar-refractivity contribution is 8.76. The Morgan fingerprint density at radius 2 is 2.08 bits per heavy atom. The summed E-state index contributed by atoms with van der Waals surface area (Å²) >= 11 is 0. The predicted octanol–water partition coefficient (Wildman–Crippen LogP) is 0.0561. The van der Waals surface area contributed by atoms with E-state index in [0.717, 1.165) is 17.9 Å². The fourth-order valence-electron chi connectivity index (χ4n) is 2.14. The molecule has 10 heteroatoms. The first-order chi connectivity index (χ1) is 12.6. The summed E-state index contributed by atoms with van der Waals surface area (Å²) in [5.74, 6) is 0.193. The SMILES string of the molecule is CNC(CSSc1ccccn1)C(=O)NCCCCC(NCN)C(N)=O. The standard InChI is InChI=1S/C16H28N6O2S2/c1-19-13(10-25-26-14-7-3-5-8-20-14)16(24)21-9-4-2-6-12(15(18)23)22-11-17/h3,5,7-8,12-13,19,22H,2,4,6,9-11,17H2,1H3,(H2,18,23)(H,21,24). The van der Waals surface area contributed by atoms with Crippen LogP contribution in [0.3, 0.4) is 0 Å². The second-order valence-corrected chi connectivity index (χ2v) is 7.89. The Morgan fingerprint density at radius 3 is 2.69 bits per heavy atom. The van der Waals surface area contributed by atoms with E-state index < -0.39 is 11.9 Å². The fraction of sp³-hybridized carbons (Fsp3) is 0.562. The quantitative estimate of drug-likeness (QED) is 0.168. The number of carbonyl (C=O) groups is 2. The Balaban J connectivity index is 2.20. The fourth-order valence-corrected chi connectivity index (χ4v) is 4.30. The molecular formula is C16H28N6O2S2. The van der Waals surface area contributed by atoms with Crippen LogP contribution in [0.2, 0.25) is 0 Å². The molecule has 1 aromatic heterocycles. The van der Waals surface area contributed by atoms with E-state index in [1.807, 2.05) is 18.2 Å². The van der Waals surface area contributed by atoms with E-state index in [1.165, 1.54) is 0 Å². The van der Waals surface area contributed by atoms with E-state index in [2.05, 4.69) is 20.9 Å². The maximum absolute atomic E-state index is 12.2. The average Bonchev–Trinajstić information content (AvgIpc) is 2.64. The lowest BCUT2D eigenvalue weighted by Crippen LogP contribution is -2.45. The molecule has 2 unspecified atom stereocenters. The minimum Gasteiger partial charge on any atom is -0.368 e. The van der Waals surface area contributed by atoms with Gasteiger partial charge >= 0.3 is 0 Å². The number of unbranched alkanes of at least 4 members (excludes halogenated alkanes) is 1. The second kappa shape index (κ2) is 13.8. The number of aromatic nitrogens is 1. The Hall–Kier alpha value is -1.33. The van der Waals surface area contributed by atoms with Gasteiger partial charge in [-0.3, -0.25) is 14.9 Å². The highest BCUT2D eigenvalue weighted by atomic mass is 33.1. The molecule has 0 saturated heterocycles. The number of pyridine rings is 1. The topological polar surface area (TPSA) is 135 Å². The molecule has 7 N–H and O–H groups in total. The molecule has 146 valence electrons. The van der Waals surface area contributed by atoms with E-state index in [4.69, 9.17) is 11.5 Å². The average molecular weight is 401 g/mol. The number of nitrogens with zero attached hydrogens (tertiary/aromatic N) is 1. The molecule has 0 fully saturated rings. The zero-order chi connectivity index (χ0) is 19.2. The lowest BCUT2D eigenvalue weighted by atomic mass is 10.1. The highest BCUT2D eigenvalue weighted by Gasteiger charge is 2.17. The zero-order valence-corrected chi connectivity index (χ0v) is 16.6. The third-order valence-electron chi connectivity index (χ3n) is 3.61. The van der Waals surface area contributed by atoms with Gasteiger partial charge in [-0.1, -0.05) is 16.9 Å². The predicted molar refractivity (Wildman–Crippen MR) is 107 cm³/mol. The molecule has 0 bridgehead atoms. The summed E-state index contributed by atoms with van der Waals surface area (Å²) in [6, 6.07) is 5.06. The van der Waals surface area contributed by atoms with E-state index in [0.29, 0.717) is 18.7 Å². The van der Waals surface area contributed by atoms with Crippen molar-refractivity contribution >= 4 is 33.4 Å². The Kier molecular flexibility index (Phi) is 12.1. The van der Waals surface area contributed by atoms with Gasteiger partial charge in [-0.05, 0) is 49.2 Å². The van der Waals surface area contributed by atoms with Crippen molar-refractivity contribution in [2.75, 3.05) is 26.0 Å². The van der Waals surface area contributed by atoms with Crippen LogP contribution in [-0.2, 0) is 9.59 Å². The Morgan fingerprint density at radius 1 is 1.27 bits per heavy atom. The zero-order valence-electron chi connectivity index (χ0n) is 14.9. The van der Waals surface area contributed by atoms with Gasteiger partial charge in [0.15, 0.2) is 0 Å². The van der Waals surface area contributed by atoms with Crippen LogP contribution in [0, 0.1) is 0 Å². The van der Waals surface area contributed by atoms with Crippen LogP contribution in [0.4, 0.5) is 0 Å². The van der Waals surface area contributed by atoms with E-state index in [9.17, 15) is 9.59 Å². The molecule has 8 nitrogen and oxygen atoms in total. The lowest BCUT2D eigenvalue weighted by molar-refractivity contribution is -0.122. The molecule has 0 radical (unpaired) electrons. The van der Waals surface area contributed by atoms with Crippen LogP contribution in [0.15, 0.2) is 29.4 Å². The van der Waals surface area contributed by atoms with Gasteiger partial charge in [-0.15, -0.1) is 0 Å². The van der Waals surface area contributed by atoms with Crippen molar-refractivity contribution in [3.63, 3.8) is 0 Å². The maximum Gasteiger partial charge on any atom is 0.238 e. The van der Waals surface area contributed by atoms with Crippen molar-refractivity contribution in [2.45, 2.75) is 36.4 Å². The van der Waals surface area contributed by atoms with Gasteiger partial charge in [0.1, 0.15) is 5.03 Å². The van der Waals surface area contributed by atoms with Crippen LogP contribution >= 0.6 is 21.6 Å². The van der Waals surface area contributed by atoms with Crippen molar-refractivity contribution in [3.8, 4) is 0 Å². The van der Waals surface area contributed by atoms with Crippen LogP contribution in [0.1, 0.15) is 19.3 Å². The molecule has 0 aliphatic rings. The van der Waals surface area contributed by atoms with Gasteiger partial charge < -0.3 is 22.1 Å². The molecule has 0 aliphatic heterocycles. The molecule has 0 aromatic carbocycles. The summed E-state index contributed by atoms with van der Waals surface area (Å²) in [6.45, 7) is 0.769. The van der Waals surface area contributed by atoms with Crippen molar-refractivity contribution in [3.05, 3.63) is 24.4 Å². The first-order valence-electron chi connectivity index (χ1n) is 8.46. The maximum atomic E-state index is 12.2. The van der Waals surface area contributed by atoms with Crippen molar-refractivity contribution < 1.29 is 9.59 Å². The van der Waals surface area contributed by atoms with Gasteiger partial charge in [0.05, 0.1) is 12.1 Å². The van der Waals surface area contributed by atoms with E-state index >= 15 is 0 Å². The van der Waals surface area contributed by atoms with Gasteiger partial charge in [-0.2, -0.15) is 0 Å². The van der Waals surface area contributed by atoms with Gasteiger partial charge in [0.25, 0.3) is 0 Å². The van der Waals surface area contributed by atoms with Crippen LogP contribution in [0.5, 0.6) is 0 Å². The summed E-state index contributed by atoms with van der Waals surface area (Å²) in [5.41, 5.74) is 10.7. The molecule has 0 spiro atoms. The number of amides is 2. The third kappa shape index (κ3) is 9.39. The van der Waals surface area contributed by atoms with Crippen molar-refractivity contribution in [1.29, 1.82) is 0 Å². The minimum absolute atomic E-state index is 0.0341. The monoisotopic (exact) mass is 400 g/mol. The molecule has 26 heavy (non-hydrogen) atoms. The summed E-state index contributed by atoms with van der Waals surface area (Å²) in [5, 5.41) is 9.70. The third-order valence-corrected chi connectivity index (χ3v) is 5.88. The number of nitrogens with two attached hydrogens (primary N) is 2. The normalized spacial score (nSPS) is 13.2. The number of rotatable bonds is 14. The van der Waals surface area contributed by atoms with Crippen molar-refractivity contribution in [2.24, 2.45) is 11.5 Å². The molecule has 0 saturated carbocycles. The summed E-state index contributed by atoms with van der Waals surface area (Å²) in [6.07, 6.45) is 3.90. The molecule has 1 heterocycles. The lowest BCUT2D eigenvalue weighted by Gasteiger charge is -2.16. The number of nitrogens with one attached hydrogen (secondary N) is 3. The molecule has 1 aromatic rings. The Bertz CT molecular complexity index is 535. The van der Waals surface area contributed by atoms with Crippen LogP contribution in [-0.4, -0.2) is 54.9 Å². The molecule has 2 atom stereocenters. The number of hydrogen-bond donors (Lipinski definition) is 5. The smallest absolute Gasteiger partial charge is 0.238 e. The number of primary amides is 1. The number of carbonyl (C=O) groups excluding carboxylic acids is 2. The highest BCUT2D eigenvalue weighted by Crippen LogP contribution is 2.29. The van der Waals surface area contributed by atoms with Gasteiger partial charge in [-0.25, -0.2) is 4.98 Å². The van der Waals surface area contributed by atoms with Gasteiger partial charge in [0.2, 0.25) is 11.8 Å². The first-order valence-corrected chi connectivity index (χ1v) is 10.8. The van der Waals surface area contributed by atoms with Crippen LogP contribution in [0.25, 0.3) is 0 Å².